The van der Waals surface area contributed by atoms with Crippen LogP contribution in [-0.2, 0) is 14.9 Å². The Bertz CT molecular complexity index is 577. The average Bonchev–Trinajstić information content (AvgIpc) is 2.53. The van der Waals surface area contributed by atoms with Crippen molar-refractivity contribution in [1.82, 2.24) is 0 Å². The molecule has 0 radical (unpaired) electrons. The van der Waals surface area contributed by atoms with Gasteiger partial charge in [0.25, 0.3) is 0 Å². The van der Waals surface area contributed by atoms with Crippen molar-refractivity contribution in [3.63, 3.8) is 0 Å². The zero-order chi connectivity index (χ0) is 15.3. The van der Waals surface area contributed by atoms with Crippen molar-refractivity contribution in [2.24, 2.45) is 0 Å². The van der Waals surface area contributed by atoms with Crippen molar-refractivity contribution >= 4 is 5.97 Å². The van der Waals surface area contributed by atoms with E-state index in [-0.39, 0.29) is 17.5 Å². The molecule has 0 N–H and O–H groups in total. The third-order valence-corrected chi connectivity index (χ3v) is 4.13. The minimum Gasteiger partial charge on any atom is -0.457 e. The molecule has 21 heavy (non-hydrogen) atoms. The molecule has 0 aliphatic carbocycles. The van der Waals surface area contributed by atoms with Crippen LogP contribution in [0.4, 0.5) is 0 Å². The summed E-state index contributed by atoms with van der Waals surface area (Å²) in [6, 6.07) is 20.2. The quantitative estimate of drug-likeness (QED) is 0.746. The molecule has 2 aromatic carbocycles. The average molecular weight is 282 g/mol. The van der Waals surface area contributed by atoms with Crippen LogP contribution in [0.25, 0.3) is 0 Å². The van der Waals surface area contributed by atoms with Gasteiger partial charge in [-0.2, -0.15) is 0 Å². The van der Waals surface area contributed by atoms with Gasteiger partial charge in [0.2, 0.25) is 0 Å². The molecule has 2 atom stereocenters. The van der Waals surface area contributed by atoms with Crippen LogP contribution in [0.5, 0.6) is 0 Å². The first-order valence-corrected chi connectivity index (χ1v) is 7.35. The smallest absolute Gasteiger partial charge is 0.303 e. The fraction of sp³-hybridized carbons (Fsp3) is 0.316. The summed E-state index contributed by atoms with van der Waals surface area (Å²) in [6.07, 6.45) is 0.590. The lowest BCUT2D eigenvalue weighted by Crippen LogP contribution is -2.32. The maximum absolute atomic E-state index is 11.6. The van der Waals surface area contributed by atoms with Gasteiger partial charge in [0.1, 0.15) is 6.10 Å². The summed E-state index contributed by atoms with van der Waals surface area (Å²) in [7, 11) is 0. The predicted molar refractivity (Wildman–Crippen MR) is 85.0 cm³/mol. The van der Waals surface area contributed by atoms with Gasteiger partial charge in [0.05, 0.1) is 0 Å². The van der Waals surface area contributed by atoms with Crippen molar-refractivity contribution in [1.29, 1.82) is 0 Å². The van der Waals surface area contributed by atoms with Gasteiger partial charge in [0, 0.05) is 12.3 Å². The van der Waals surface area contributed by atoms with Gasteiger partial charge in [-0.3, -0.25) is 4.79 Å². The third kappa shape index (κ3) is 3.33. The maximum Gasteiger partial charge on any atom is 0.303 e. The Morgan fingerprint density at radius 3 is 2.05 bits per heavy atom. The van der Waals surface area contributed by atoms with Gasteiger partial charge >= 0.3 is 5.97 Å². The third-order valence-electron chi connectivity index (χ3n) is 4.13. The molecule has 0 saturated carbocycles. The lowest BCUT2D eigenvalue weighted by atomic mass is 9.73. The summed E-state index contributed by atoms with van der Waals surface area (Å²) in [6.45, 7) is 5.76. The number of carbonyl (C=O) groups is 1. The summed E-state index contributed by atoms with van der Waals surface area (Å²) in [4.78, 5) is 11.6. The maximum atomic E-state index is 11.6. The van der Waals surface area contributed by atoms with E-state index in [0.717, 1.165) is 12.0 Å². The molecule has 0 unspecified atom stereocenters. The Hall–Kier alpha value is -2.09. The van der Waals surface area contributed by atoms with Gasteiger partial charge in [-0.05, 0) is 17.5 Å². The first kappa shape index (κ1) is 15.3. The molecule has 0 bridgehead atoms. The number of benzene rings is 2. The van der Waals surface area contributed by atoms with Gasteiger partial charge in [-0.25, -0.2) is 0 Å². The van der Waals surface area contributed by atoms with Crippen LogP contribution >= 0.6 is 0 Å². The molecular formula is C19H22O2. The predicted octanol–water partition coefficient (Wildman–Crippen LogP) is 4.66. The molecule has 2 heteroatoms. The molecule has 110 valence electrons. The number of hydrogen-bond acceptors (Lipinski definition) is 2. The normalized spacial score (nSPS) is 15.0. The highest BCUT2D eigenvalue weighted by Crippen LogP contribution is 2.42. The molecule has 0 aliphatic heterocycles. The lowest BCUT2D eigenvalue weighted by molar-refractivity contribution is -0.150. The topological polar surface area (TPSA) is 26.3 Å². The van der Waals surface area contributed by atoms with Gasteiger partial charge in [-0.1, -0.05) is 74.5 Å². The highest BCUT2D eigenvalue weighted by molar-refractivity contribution is 5.66. The molecule has 2 rings (SSSR count). The standard InChI is InChI=1S/C19H22O2/c1-4-19(3,17-13-9-6-10-14-17)18(21-15(2)20)16-11-7-5-8-12-16/h5-14,18H,4H2,1-3H3/t18-,19+/m0/s1. The van der Waals surface area contributed by atoms with E-state index in [1.165, 1.54) is 12.5 Å². The van der Waals surface area contributed by atoms with E-state index < -0.39 is 0 Å². The Kier molecular flexibility index (Phi) is 4.79. The van der Waals surface area contributed by atoms with Crippen LogP contribution in [0.2, 0.25) is 0 Å². The SMILES string of the molecule is CC[C@](C)(c1ccccc1)[C@@H](OC(C)=O)c1ccccc1. The molecule has 0 amide bonds. The molecule has 0 aromatic heterocycles. The highest BCUT2D eigenvalue weighted by atomic mass is 16.5. The lowest BCUT2D eigenvalue weighted by Gasteiger charge is -2.37. The van der Waals surface area contributed by atoms with E-state index in [9.17, 15) is 4.79 Å². The second-order valence-corrected chi connectivity index (χ2v) is 5.54. The van der Waals surface area contributed by atoms with Gasteiger partial charge in [0.15, 0.2) is 0 Å². The molecule has 0 aliphatic rings. The second-order valence-electron chi connectivity index (χ2n) is 5.54. The molecular weight excluding hydrogens is 260 g/mol. The second kappa shape index (κ2) is 6.57. The highest BCUT2D eigenvalue weighted by Gasteiger charge is 2.37. The van der Waals surface area contributed by atoms with Crippen LogP contribution in [0.1, 0.15) is 44.4 Å². The fourth-order valence-corrected chi connectivity index (χ4v) is 2.72. The molecule has 0 fully saturated rings. The Morgan fingerprint density at radius 2 is 1.57 bits per heavy atom. The van der Waals surface area contributed by atoms with Crippen molar-refractivity contribution in [2.75, 3.05) is 0 Å². The van der Waals surface area contributed by atoms with Crippen molar-refractivity contribution in [2.45, 2.75) is 38.7 Å². The summed E-state index contributed by atoms with van der Waals surface area (Å²) in [5.74, 6) is -0.251. The van der Waals surface area contributed by atoms with Crippen molar-refractivity contribution in [3.8, 4) is 0 Å². The van der Waals surface area contributed by atoms with Crippen LogP contribution in [0.15, 0.2) is 60.7 Å². The zero-order valence-corrected chi connectivity index (χ0v) is 12.9. The summed E-state index contributed by atoms with van der Waals surface area (Å²) in [5, 5.41) is 0. The summed E-state index contributed by atoms with van der Waals surface area (Å²) < 4.78 is 5.71. The number of carbonyl (C=O) groups excluding carboxylic acids is 1. The Balaban J connectivity index is 2.49. The number of ether oxygens (including phenoxy) is 1. The monoisotopic (exact) mass is 282 g/mol. The zero-order valence-electron chi connectivity index (χ0n) is 12.9. The van der Waals surface area contributed by atoms with Gasteiger partial charge < -0.3 is 4.74 Å². The first-order valence-electron chi connectivity index (χ1n) is 7.35. The number of rotatable bonds is 5. The summed E-state index contributed by atoms with van der Waals surface area (Å²) >= 11 is 0. The Labute approximate surface area is 126 Å². The van der Waals surface area contributed by atoms with E-state index in [2.05, 4.69) is 26.0 Å². The molecule has 2 aromatic rings. The fourth-order valence-electron chi connectivity index (χ4n) is 2.72. The molecule has 0 saturated heterocycles. The van der Waals surface area contributed by atoms with Gasteiger partial charge in [-0.15, -0.1) is 0 Å². The number of hydrogen-bond donors (Lipinski definition) is 0. The molecule has 2 nitrogen and oxygen atoms in total. The molecule has 0 spiro atoms. The van der Waals surface area contributed by atoms with E-state index in [4.69, 9.17) is 4.74 Å². The van der Waals surface area contributed by atoms with E-state index >= 15 is 0 Å². The largest absolute Gasteiger partial charge is 0.457 e. The van der Waals surface area contributed by atoms with Crippen LogP contribution in [0, 0.1) is 0 Å². The van der Waals surface area contributed by atoms with Crippen molar-refractivity contribution < 1.29 is 9.53 Å². The minimum absolute atomic E-state index is 0.251. The van der Waals surface area contributed by atoms with Crippen LogP contribution < -0.4 is 0 Å². The van der Waals surface area contributed by atoms with E-state index in [1.54, 1.807) is 0 Å². The minimum atomic E-state index is -0.288. The van der Waals surface area contributed by atoms with Crippen molar-refractivity contribution in [3.05, 3.63) is 71.8 Å². The number of esters is 1. The molecule has 0 heterocycles. The van der Waals surface area contributed by atoms with Crippen LogP contribution in [0.3, 0.4) is 0 Å². The Morgan fingerprint density at radius 1 is 1.05 bits per heavy atom. The first-order chi connectivity index (χ1) is 10.1. The van der Waals surface area contributed by atoms with E-state index in [1.807, 2.05) is 48.5 Å². The van der Waals surface area contributed by atoms with E-state index in [0.29, 0.717) is 0 Å². The summed E-state index contributed by atoms with van der Waals surface area (Å²) in [5.41, 5.74) is 1.96. The van der Waals surface area contributed by atoms with Crippen LogP contribution in [-0.4, -0.2) is 5.97 Å².